The number of hydrogen-bond donors (Lipinski definition) is 1. The van der Waals surface area contributed by atoms with Crippen LogP contribution in [0.25, 0.3) is 22.6 Å². The van der Waals surface area contributed by atoms with Gasteiger partial charge in [0.15, 0.2) is 12.4 Å². The summed E-state index contributed by atoms with van der Waals surface area (Å²) in [5.41, 5.74) is 5.56. The van der Waals surface area contributed by atoms with Crippen LogP contribution in [0.3, 0.4) is 0 Å². The Balaban J connectivity index is 1.42. The number of rotatable bonds is 6. The van der Waals surface area contributed by atoms with E-state index in [-0.39, 0.29) is 5.78 Å². The van der Waals surface area contributed by atoms with E-state index in [4.69, 9.17) is 32.9 Å². The molecule has 0 saturated heterocycles. The van der Waals surface area contributed by atoms with E-state index in [1.807, 2.05) is 36.4 Å². The van der Waals surface area contributed by atoms with Crippen molar-refractivity contribution in [3.63, 3.8) is 0 Å². The maximum atomic E-state index is 13.4. The van der Waals surface area contributed by atoms with Crippen molar-refractivity contribution < 1.29 is 19.1 Å². The van der Waals surface area contributed by atoms with Crippen LogP contribution in [-0.4, -0.2) is 29.3 Å². The van der Waals surface area contributed by atoms with Gasteiger partial charge >= 0.3 is 5.97 Å². The first-order chi connectivity index (χ1) is 18.8. The van der Waals surface area contributed by atoms with Gasteiger partial charge in [-0.3, -0.25) is 9.59 Å². The molecule has 1 aliphatic carbocycles. The summed E-state index contributed by atoms with van der Waals surface area (Å²) >= 11 is 12.3. The van der Waals surface area contributed by atoms with Gasteiger partial charge in [-0.15, -0.1) is 0 Å². The largest absolute Gasteiger partial charge is 0.452 e. The van der Waals surface area contributed by atoms with Gasteiger partial charge in [-0.1, -0.05) is 47.5 Å². The molecular formula is C31H24Cl2N2O4. The highest BCUT2D eigenvalue weighted by Crippen LogP contribution is 2.37. The molecule has 1 aliphatic rings. The van der Waals surface area contributed by atoms with Crippen LogP contribution in [0.15, 0.2) is 66.7 Å². The summed E-state index contributed by atoms with van der Waals surface area (Å²) in [4.78, 5) is 42.3. The third-order valence-corrected chi connectivity index (χ3v) is 7.31. The first-order valence-corrected chi connectivity index (χ1v) is 13.2. The molecule has 1 amide bonds. The number of nitrogens with zero attached hydrogens (tertiary/aromatic N) is 1. The number of carbonyl (C=O) groups excluding carboxylic acids is 3. The number of para-hydroxylation sites is 1. The van der Waals surface area contributed by atoms with Crippen molar-refractivity contribution in [2.75, 3.05) is 11.9 Å². The average Bonchev–Trinajstić information content (AvgIpc) is 2.93. The van der Waals surface area contributed by atoms with E-state index >= 15 is 0 Å². The average molecular weight is 559 g/mol. The van der Waals surface area contributed by atoms with Crippen LogP contribution in [-0.2, 0) is 16.0 Å². The quantitative estimate of drug-likeness (QED) is 0.196. The second-order valence-electron chi connectivity index (χ2n) is 9.29. The summed E-state index contributed by atoms with van der Waals surface area (Å²) in [5.74, 6) is -1.13. The van der Waals surface area contributed by atoms with E-state index in [2.05, 4.69) is 5.32 Å². The van der Waals surface area contributed by atoms with Gasteiger partial charge in [0.05, 0.1) is 26.8 Å². The molecule has 1 heterocycles. The van der Waals surface area contributed by atoms with E-state index in [0.717, 1.165) is 35.2 Å². The lowest BCUT2D eigenvalue weighted by molar-refractivity contribution is -0.119. The molecule has 0 atom stereocenters. The molecule has 1 aromatic heterocycles. The molecule has 1 N–H and O–H groups in total. The predicted molar refractivity (Wildman–Crippen MR) is 154 cm³/mol. The SMILES string of the molecule is CC(=O)c1ccc(NC(=O)COC(=O)c2c3c(nc4ccccc24)/C(=C\c2ccc(Cl)c(Cl)c2)CCC3)cc1. The lowest BCUT2D eigenvalue weighted by atomic mass is 9.86. The Labute approximate surface area is 235 Å². The topological polar surface area (TPSA) is 85.4 Å². The summed E-state index contributed by atoms with van der Waals surface area (Å²) in [6, 6.07) is 19.4. The second-order valence-corrected chi connectivity index (χ2v) is 10.1. The fourth-order valence-corrected chi connectivity index (χ4v) is 5.01. The van der Waals surface area contributed by atoms with Gasteiger partial charge < -0.3 is 10.1 Å². The number of nitrogens with one attached hydrogen (secondary N) is 1. The van der Waals surface area contributed by atoms with Gasteiger partial charge in [-0.05, 0) is 91.4 Å². The number of ketones is 1. The molecule has 3 aromatic carbocycles. The molecule has 8 heteroatoms. The zero-order chi connectivity index (χ0) is 27.5. The zero-order valence-corrected chi connectivity index (χ0v) is 22.6. The Bertz CT molecular complexity index is 1640. The van der Waals surface area contributed by atoms with Gasteiger partial charge in [0.2, 0.25) is 0 Å². The Hall–Kier alpha value is -4.00. The molecule has 0 radical (unpaired) electrons. The molecule has 0 unspecified atom stereocenters. The van der Waals surface area contributed by atoms with Gasteiger partial charge in [-0.25, -0.2) is 9.78 Å². The van der Waals surface area contributed by atoms with Crippen molar-refractivity contribution in [2.45, 2.75) is 26.2 Å². The first-order valence-electron chi connectivity index (χ1n) is 12.5. The number of aromatic nitrogens is 1. The molecule has 0 spiro atoms. The van der Waals surface area contributed by atoms with Crippen molar-refractivity contribution in [3.8, 4) is 0 Å². The predicted octanol–water partition coefficient (Wildman–Crippen LogP) is 7.42. The lowest BCUT2D eigenvalue weighted by Crippen LogP contribution is -2.22. The number of Topliss-reactive ketones (excluding diaryl/α,β-unsaturated/α-hetero) is 1. The number of fused-ring (bicyclic) bond motifs is 2. The van der Waals surface area contributed by atoms with Crippen molar-refractivity contribution in [1.29, 1.82) is 0 Å². The number of halogens is 2. The van der Waals surface area contributed by atoms with Gasteiger partial charge in [0.1, 0.15) is 0 Å². The Morgan fingerprint density at radius 1 is 0.974 bits per heavy atom. The van der Waals surface area contributed by atoms with Crippen LogP contribution in [0.2, 0.25) is 10.0 Å². The van der Waals surface area contributed by atoms with Crippen LogP contribution in [0, 0.1) is 0 Å². The summed E-state index contributed by atoms with van der Waals surface area (Å²) in [7, 11) is 0. The minimum atomic E-state index is -0.581. The number of ether oxygens (including phenoxy) is 1. The third-order valence-electron chi connectivity index (χ3n) is 6.57. The highest BCUT2D eigenvalue weighted by atomic mass is 35.5. The van der Waals surface area contributed by atoms with Crippen molar-refractivity contribution in [1.82, 2.24) is 4.98 Å². The van der Waals surface area contributed by atoms with E-state index < -0.39 is 18.5 Å². The monoisotopic (exact) mass is 558 g/mol. The highest BCUT2D eigenvalue weighted by molar-refractivity contribution is 6.42. The summed E-state index contributed by atoms with van der Waals surface area (Å²) in [6.07, 6.45) is 4.29. The number of hydrogen-bond acceptors (Lipinski definition) is 5. The number of carbonyl (C=O) groups is 3. The molecule has 0 fully saturated rings. The number of anilines is 1. The second kappa shape index (κ2) is 11.4. The smallest absolute Gasteiger partial charge is 0.339 e. The maximum Gasteiger partial charge on any atom is 0.339 e. The van der Waals surface area contributed by atoms with Crippen molar-refractivity contribution >= 4 is 69.1 Å². The summed E-state index contributed by atoms with van der Waals surface area (Å²) in [5, 5.41) is 4.31. The van der Waals surface area contributed by atoms with Crippen LogP contribution in [0.1, 0.15) is 57.3 Å². The fourth-order valence-electron chi connectivity index (χ4n) is 4.70. The molecule has 39 heavy (non-hydrogen) atoms. The summed E-state index contributed by atoms with van der Waals surface area (Å²) < 4.78 is 5.50. The number of amides is 1. The molecular weight excluding hydrogens is 535 g/mol. The molecule has 0 saturated carbocycles. The fraction of sp³-hybridized carbons (Fsp3) is 0.161. The van der Waals surface area contributed by atoms with Gasteiger partial charge in [0, 0.05) is 16.6 Å². The van der Waals surface area contributed by atoms with Crippen molar-refractivity contribution in [2.24, 2.45) is 0 Å². The minimum Gasteiger partial charge on any atom is -0.452 e. The van der Waals surface area contributed by atoms with E-state index in [1.165, 1.54) is 6.92 Å². The van der Waals surface area contributed by atoms with Crippen LogP contribution < -0.4 is 5.32 Å². The third kappa shape index (κ3) is 5.87. The first kappa shape index (κ1) is 26.6. The van der Waals surface area contributed by atoms with Gasteiger partial charge in [0.25, 0.3) is 5.91 Å². The molecule has 0 aliphatic heterocycles. The number of allylic oxidation sites excluding steroid dienone is 1. The maximum absolute atomic E-state index is 13.4. The number of esters is 1. The Morgan fingerprint density at radius 3 is 2.49 bits per heavy atom. The minimum absolute atomic E-state index is 0.0651. The summed E-state index contributed by atoms with van der Waals surface area (Å²) in [6.45, 7) is 1.02. The van der Waals surface area contributed by atoms with Crippen LogP contribution in [0.5, 0.6) is 0 Å². The van der Waals surface area contributed by atoms with Crippen molar-refractivity contribution in [3.05, 3.63) is 105 Å². The Morgan fingerprint density at radius 2 is 1.74 bits per heavy atom. The van der Waals surface area contributed by atoms with Crippen LogP contribution in [0.4, 0.5) is 5.69 Å². The van der Waals surface area contributed by atoms with Gasteiger partial charge in [-0.2, -0.15) is 0 Å². The molecule has 5 rings (SSSR count). The van der Waals surface area contributed by atoms with E-state index in [0.29, 0.717) is 44.2 Å². The van der Waals surface area contributed by atoms with E-state index in [9.17, 15) is 14.4 Å². The normalized spacial score (nSPS) is 13.7. The van der Waals surface area contributed by atoms with Crippen LogP contribution >= 0.6 is 23.2 Å². The molecule has 4 aromatic rings. The highest BCUT2D eigenvalue weighted by Gasteiger charge is 2.26. The molecule has 6 nitrogen and oxygen atoms in total. The number of pyridine rings is 1. The lowest BCUT2D eigenvalue weighted by Gasteiger charge is -2.22. The Kier molecular flexibility index (Phi) is 7.77. The molecule has 0 bridgehead atoms. The standard InChI is InChI=1S/C31H24Cl2N2O4/c1-18(36)20-10-12-22(13-11-20)34-28(37)17-39-31(38)29-23-6-2-3-8-27(23)35-30-21(5-4-7-24(29)30)15-19-9-14-25(32)26(33)16-19/h2-3,6,8-16H,4-5,7,17H2,1H3,(H,34,37)/b21-15-. The van der Waals surface area contributed by atoms with E-state index in [1.54, 1.807) is 36.4 Å². The zero-order valence-electron chi connectivity index (χ0n) is 21.1. The molecule has 196 valence electrons. The number of benzene rings is 3.